The van der Waals surface area contributed by atoms with Crippen molar-refractivity contribution < 1.29 is 4.52 Å². The summed E-state index contributed by atoms with van der Waals surface area (Å²) in [5.41, 5.74) is 1.21. The molecule has 2 rings (SSSR count). The van der Waals surface area contributed by atoms with Gasteiger partial charge in [0.15, 0.2) is 0 Å². The van der Waals surface area contributed by atoms with Crippen LogP contribution in [0, 0.1) is 6.92 Å². The average molecular weight is 139 g/mol. The van der Waals surface area contributed by atoms with Crippen molar-refractivity contribution in [2.45, 2.75) is 33.1 Å². The third-order valence-electron chi connectivity index (χ3n) is 1.73. The summed E-state index contributed by atoms with van der Waals surface area (Å²) in [5.74, 6) is 1.81. The summed E-state index contributed by atoms with van der Waals surface area (Å²) in [4.78, 5) is 0. The van der Waals surface area contributed by atoms with Crippen LogP contribution in [0.4, 0.5) is 0 Å². The van der Waals surface area contributed by atoms with E-state index in [9.17, 15) is 0 Å². The largest absolute Gasteiger partial charge is 0.361 e. The lowest BCUT2D eigenvalue weighted by molar-refractivity contribution is 0.383. The van der Waals surface area contributed by atoms with E-state index in [4.69, 9.17) is 4.52 Å². The van der Waals surface area contributed by atoms with E-state index in [0.717, 1.165) is 5.76 Å². The molecule has 1 heterocycles. The van der Waals surface area contributed by atoms with Crippen LogP contribution in [-0.4, -0.2) is 5.16 Å². The Hall–Kier alpha value is -0.790. The maximum atomic E-state index is 5.04. The van der Waals surface area contributed by atoms with Crippen molar-refractivity contribution in [2.24, 2.45) is 0 Å². The van der Waals surface area contributed by atoms with Crippen LogP contribution in [0.25, 0.3) is 0 Å². The number of hydrogen-bond donors (Lipinski definition) is 0. The summed E-state index contributed by atoms with van der Waals surface area (Å²) in [6.45, 7) is 2.05. The van der Waals surface area contributed by atoms with Crippen LogP contribution in [0.15, 0.2) is 10.7 Å². The van der Waals surface area contributed by atoms with Gasteiger partial charge in [0.05, 0.1) is 6.20 Å². The first-order chi connectivity index (χ1) is 4.38. The van der Waals surface area contributed by atoms with E-state index in [0.29, 0.717) is 5.92 Å². The molecule has 1 saturated carbocycles. The Kier molecular flexibility index (Phi) is 1.79. The number of rotatable bonds is 1. The topological polar surface area (TPSA) is 26.0 Å². The third-order valence-corrected chi connectivity index (χ3v) is 1.73. The van der Waals surface area contributed by atoms with Crippen LogP contribution in [0.3, 0.4) is 0 Å². The number of hydrogen-bond acceptors (Lipinski definition) is 2. The molecule has 2 heteroatoms. The van der Waals surface area contributed by atoms with Crippen LogP contribution in [0.2, 0.25) is 0 Å². The molecule has 1 aromatic rings. The van der Waals surface area contributed by atoms with Crippen LogP contribution >= 0.6 is 0 Å². The summed E-state index contributed by atoms with van der Waals surface area (Å²) in [5, 5.41) is 3.71. The van der Waals surface area contributed by atoms with E-state index >= 15 is 0 Å². The third kappa shape index (κ3) is 1.06. The Labute approximate surface area is 61.2 Å². The summed E-state index contributed by atoms with van der Waals surface area (Å²) < 4.78 is 5.04. The predicted molar refractivity (Wildman–Crippen MR) is 39.9 cm³/mol. The standard InChI is InChI=1S/C7H9NO.CH4/c1-5-4-8-9-7(5)6-2-3-6;/h4,6H,2-3H2,1H3;1H4. The fraction of sp³-hybridized carbons (Fsp3) is 0.625. The second-order valence-corrected chi connectivity index (χ2v) is 2.65. The smallest absolute Gasteiger partial charge is 0.142 e. The number of aromatic nitrogens is 1. The van der Waals surface area contributed by atoms with E-state index in [1.807, 2.05) is 6.92 Å². The van der Waals surface area contributed by atoms with Crippen molar-refractivity contribution in [3.8, 4) is 0 Å². The van der Waals surface area contributed by atoms with Gasteiger partial charge in [-0.1, -0.05) is 12.6 Å². The number of nitrogens with zero attached hydrogens (tertiary/aromatic N) is 1. The molecule has 0 amide bonds. The highest BCUT2D eigenvalue weighted by atomic mass is 16.5. The molecule has 0 atom stereocenters. The summed E-state index contributed by atoms with van der Waals surface area (Å²) in [7, 11) is 0. The minimum absolute atomic E-state index is 0. The molecule has 0 unspecified atom stereocenters. The lowest BCUT2D eigenvalue weighted by Crippen LogP contribution is -1.75. The maximum absolute atomic E-state index is 5.04. The zero-order chi connectivity index (χ0) is 6.27. The van der Waals surface area contributed by atoms with Crippen molar-refractivity contribution >= 4 is 0 Å². The first-order valence-corrected chi connectivity index (χ1v) is 3.29. The van der Waals surface area contributed by atoms with Crippen molar-refractivity contribution in [3.63, 3.8) is 0 Å². The van der Waals surface area contributed by atoms with Gasteiger partial charge in [0.1, 0.15) is 5.76 Å². The van der Waals surface area contributed by atoms with E-state index in [-0.39, 0.29) is 7.43 Å². The van der Waals surface area contributed by atoms with E-state index in [1.165, 1.54) is 18.4 Å². The van der Waals surface area contributed by atoms with Gasteiger partial charge >= 0.3 is 0 Å². The molecule has 1 aliphatic carbocycles. The quantitative estimate of drug-likeness (QED) is 0.597. The minimum Gasteiger partial charge on any atom is -0.361 e. The molecule has 1 aliphatic rings. The molecule has 0 bridgehead atoms. The van der Waals surface area contributed by atoms with Gasteiger partial charge in [-0.2, -0.15) is 0 Å². The zero-order valence-electron chi connectivity index (χ0n) is 5.42. The van der Waals surface area contributed by atoms with Crippen LogP contribution in [0.1, 0.15) is 37.5 Å². The van der Waals surface area contributed by atoms with Crippen molar-refractivity contribution in [3.05, 3.63) is 17.5 Å². The highest BCUT2D eigenvalue weighted by Crippen LogP contribution is 2.41. The van der Waals surface area contributed by atoms with Crippen LogP contribution in [0.5, 0.6) is 0 Å². The van der Waals surface area contributed by atoms with Gasteiger partial charge < -0.3 is 4.52 Å². The highest BCUT2D eigenvalue weighted by molar-refractivity contribution is 5.19. The number of aryl methyl sites for hydroxylation is 1. The molecule has 56 valence electrons. The molecule has 0 aliphatic heterocycles. The molecule has 1 aromatic heterocycles. The zero-order valence-corrected chi connectivity index (χ0v) is 5.42. The van der Waals surface area contributed by atoms with E-state index < -0.39 is 0 Å². The second kappa shape index (κ2) is 2.45. The minimum atomic E-state index is 0. The summed E-state index contributed by atoms with van der Waals surface area (Å²) in [6, 6.07) is 0. The van der Waals surface area contributed by atoms with Crippen LogP contribution < -0.4 is 0 Å². The summed E-state index contributed by atoms with van der Waals surface area (Å²) >= 11 is 0. The molecule has 0 N–H and O–H groups in total. The molecule has 0 aromatic carbocycles. The molecule has 0 radical (unpaired) electrons. The van der Waals surface area contributed by atoms with Gasteiger partial charge in [0.2, 0.25) is 0 Å². The van der Waals surface area contributed by atoms with Gasteiger partial charge in [-0.15, -0.1) is 0 Å². The van der Waals surface area contributed by atoms with Crippen molar-refractivity contribution in [1.29, 1.82) is 0 Å². The maximum Gasteiger partial charge on any atom is 0.142 e. The average Bonchev–Trinajstić information content (AvgIpc) is 2.58. The fourth-order valence-electron chi connectivity index (χ4n) is 1.04. The normalized spacial score (nSPS) is 16.5. The predicted octanol–water partition coefficient (Wildman–Crippen LogP) is 2.50. The van der Waals surface area contributed by atoms with Gasteiger partial charge in [-0.3, -0.25) is 0 Å². The lowest BCUT2D eigenvalue weighted by atomic mass is 10.2. The first kappa shape index (κ1) is 7.32. The monoisotopic (exact) mass is 139 g/mol. The van der Waals surface area contributed by atoms with Crippen LogP contribution in [-0.2, 0) is 0 Å². The highest BCUT2D eigenvalue weighted by Gasteiger charge is 2.28. The molecular formula is C8H13NO. The fourth-order valence-corrected chi connectivity index (χ4v) is 1.04. The molecular weight excluding hydrogens is 126 g/mol. The Morgan fingerprint density at radius 3 is 2.70 bits per heavy atom. The molecule has 0 spiro atoms. The van der Waals surface area contributed by atoms with Gasteiger partial charge in [0, 0.05) is 11.5 Å². The van der Waals surface area contributed by atoms with Gasteiger partial charge in [-0.05, 0) is 19.8 Å². The lowest BCUT2D eigenvalue weighted by Gasteiger charge is -1.86. The van der Waals surface area contributed by atoms with Gasteiger partial charge in [-0.25, -0.2) is 0 Å². The Balaban J connectivity index is 0.000000500. The first-order valence-electron chi connectivity index (χ1n) is 3.29. The molecule has 0 saturated heterocycles. The summed E-state index contributed by atoms with van der Waals surface area (Å²) in [6.07, 6.45) is 4.36. The molecule has 10 heavy (non-hydrogen) atoms. The SMILES string of the molecule is C.Cc1cnoc1C1CC1. The van der Waals surface area contributed by atoms with Crippen molar-refractivity contribution in [1.82, 2.24) is 5.16 Å². The Morgan fingerprint density at radius 2 is 2.30 bits per heavy atom. The molecule has 1 fully saturated rings. The van der Waals surface area contributed by atoms with E-state index in [1.54, 1.807) is 6.20 Å². The second-order valence-electron chi connectivity index (χ2n) is 2.65. The van der Waals surface area contributed by atoms with E-state index in [2.05, 4.69) is 5.16 Å². The van der Waals surface area contributed by atoms with Crippen molar-refractivity contribution in [2.75, 3.05) is 0 Å². The Morgan fingerprint density at radius 1 is 1.60 bits per heavy atom. The molecule has 2 nitrogen and oxygen atoms in total. The Bertz CT molecular complexity index is 213. The van der Waals surface area contributed by atoms with Gasteiger partial charge in [0.25, 0.3) is 0 Å².